The summed E-state index contributed by atoms with van der Waals surface area (Å²) in [5, 5.41) is 13.0. The van der Waals surface area contributed by atoms with Crippen LogP contribution in [0.3, 0.4) is 0 Å². The molecule has 5 rings (SSSR count). The van der Waals surface area contributed by atoms with Gasteiger partial charge in [0.05, 0.1) is 24.3 Å². The summed E-state index contributed by atoms with van der Waals surface area (Å²) in [5.41, 5.74) is 5.92. The Kier molecular flexibility index (Phi) is 7.63. The molecule has 2 aromatic carbocycles. The average molecular weight is 520 g/mol. The lowest BCUT2D eigenvalue weighted by Crippen LogP contribution is -2.39. The molecule has 0 spiro atoms. The number of carbonyl (C=O) groups is 1. The summed E-state index contributed by atoms with van der Waals surface area (Å²) < 4.78 is 27.0. The van der Waals surface area contributed by atoms with Crippen LogP contribution in [-0.2, 0) is 29.1 Å². The third-order valence-electron chi connectivity index (χ3n) is 7.72. The zero-order valence-electron chi connectivity index (χ0n) is 22.1. The molecule has 1 fully saturated rings. The molecule has 0 radical (unpaired) electrons. The number of carboxylic acids is 1. The van der Waals surface area contributed by atoms with Gasteiger partial charge in [-0.1, -0.05) is 18.2 Å². The summed E-state index contributed by atoms with van der Waals surface area (Å²) in [6.45, 7) is 6.47. The van der Waals surface area contributed by atoms with E-state index in [2.05, 4.69) is 5.32 Å². The second kappa shape index (κ2) is 11.1. The van der Waals surface area contributed by atoms with Gasteiger partial charge in [-0.25, -0.2) is 9.37 Å². The number of aryl methyl sites for hydroxylation is 2. The van der Waals surface area contributed by atoms with Crippen molar-refractivity contribution in [2.75, 3.05) is 31.7 Å². The molecule has 1 aromatic heterocycles. The summed E-state index contributed by atoms with van der Waals surface area (Å²) in [7, 11) is 1.58. The van der Waals surface area contributed by atoms with E-state index in [0.29, 0.717) is 55.4 Å². The lowest BCUT2D eigenvalue weighted by atomic mass is 9.93. The number of carboxylic acid groups (broad SMARTS) is 1. The maximum Gasteiger partial charge on any atom is 0.308 e. The first-order valence-electron chi connectivity index (χ1n) is 13.1. The van der Waals surface area contributed by atoms with Crippen molar-refractivity contribution >= 4 is 11.8 Å². The summed E-state index contributed by atoms with van der Waals surface area (Å²) in [5.74, 6) is -0.142. The molecule has 3 heterocycles. The van der Waals surface area contributed by atoms with Crippen molar-refractivity contribution in [2.45, 2.75) is 45.9 Å². The minimum Gasteiger partial charge on any atom is -0.488 e. The number of hydrogen-bond acceptors (Lipinski definition) is 6. The molecular formula is C30H34FN3O4. The first-order chi connectivity index (χ1) is 18.4. The monoisotopic (exact) mass is 519 g/mol. The van der Waals surface area contributed by atoms with E-state index < -0.39 is 11.9 Å². The van der Waals surface area contributed by atoms with Crippen LogP contribution < -0.4 is 15.0 Å². The van der Waals surface area contributed by atoms with Crippen LogP contribution in [0.2, 0.25) is 0 Å². The molecule has 38 heavy (non-hydrogen) atoms. The van der Waals surface area contributed by atoms with Crippen molar-refractivity contribution < 1.29 is 23.8 Å². The first-order valence-corrected chi connectivity index (χ1v) is 13.1. The third kappa shape index (κ3) is 4.98. The average Bonchev–Trinajstić information content (AvgIpc) is 3.35. The van der Waals surface area contributed by atoms with Crippen molar-refractivity contribution in [2.24, 2.45) is 5.92 Å². The van der Waals surface area contributed by atoms with Crippen LogP contribution in [0, 0.1) is 25.6 Å². The Morgan fingerprint density at radius 1 is 1.18 bits per heavy atom. The van der Waals surface area contributed by atoms with Crippen molar-refractivity contribution in [1.29, 1.82) is 0 Å². The van der Waals surface area contributed by atoms with E-state index >= 15 is 4.39 Å². The summed E-state index contributed by atoms with van der Waals surface area (Å²) in [4.78, 5) is 18.7. The fraction of sp³-hybridized carbons (Fsp3) is 0.400. The molecule has 200 valence electrons. The molecule has 3 aromatic rings. The number of methoxy groups -OCH3 is 1. The predicted octanol–water partition coefficient (Wildman–Crippen LogP) is 4.66. The highest BCUT2D eigenvalue weighted by Gasteiger charge is 2.39. The van der Waals surface area contributed by atoms with Gasteiger partial charge in [0.25, 0.3) is 0 Å². The van der Waals surface area contributed by atoms with Gasteiger partial charge in [0.2, 0.25) is 0 Å². The zero-order valence-corrected chi connectivity index (χ0v) is 22.1. The van der Waals surface area contributed by atoms with Gasteiger partial charge >= 0.3 is 5.97 Å². The predicted molar refractivity (Wildman–Crippen MR) is 144 cm³/mol. The number of aliphatic carboxylic acids is 1. The maximum atomic E-state index is 15.4. The molecule has 0 unspecified atom stereocenters. The Morgan fingerprint density at radius 3 is 2.79 bits per heavy atom. The van der Waals surface area contributed by atoms with Crippen LogP contribution in [0.4, 0.5) is 10.2 Å². The Morgan fingerprint density at radius 2 is 2.00 bits per heavy atom. The highest BCUT2D eigenvalue weighted by atomic mass is 19.1. The molecule has 2 atom stereocenters. The van der Waals surface area contributed by atoms with E-state index in [9.17, 15) is 9.90 Å². The number of rotatable bonds is 8. The summed E-state index contributed by atoms with van der Waals surface area (Å²) in [6.07, 6.45) is 1.21. The summed E-state index contributed by atoms with van der Waals surface area (Å²) in [6, 6.07) is 13.2. The lowest BCUT2D eigenvalue weighted by molar-refractivity contribution is -0.142. The van der Waals surface area contributed by atoms with Gasteiger partial charge in [0.15, 0.2) is 0 Å². The Balaban J connectivity index is 1.44. The number of ether oxygens (including phenoxy) is 2. The molecule has 0 amide bonds. The fourth-order valence-corrected chi connectivity index (χ4v) is 5.75. The van der Waals surface area contributed by atoms with Crippen molar-refractivity contribution in [3.63, 3.8) is 0 Å². The number of benzene rings is 2. The molecule has 2 aliphatic heterocycles. The van der Waals surface area contributed by atoms with Crippen LogP contribution in [-0.4, -0.2) is 48.9 Å². The highest BCUT2D eigenvalue weighted by Crippen LogP contribution is 2.36. The van der Waals surface area contributed by atoms with E-state index in [-0.39, 0.29) is 18.5 Å². The van der Waals surface area contributed by atoms with E-state index in [1.807, 2.05) is 61.2 Å². The van der Waals surface area contributed by atoms with Gasteiger partial charge in [0, 0.05) is 31.3 Å². The molecular weight excluding hydrogens is 485 g/mol. The second-order valence-corrected chi connectivity index (χ2v) is 10.1. The van der Waals surface area contributed by atoms with Crippen molar-refractivity contribution in [3.8, 4) is 17.0 Å². The number of hydrogen-bond donors (Lipinski definition) is 2. The smallest absolute Gasteiger partial charge is 0.308 e. The fourth-order valence-electron chi connectivity index (χ4n) is 5.75. The molecule has 1 saturated heterocycles. The Labute approximate surface area is 222 Å². The number of nitrogens with one attached hydrogen (secondary N) is 1. The van der Waals surface area contributed by atoms with Crippen LogP contribution in [0.25, 0.3) is 11.3 Å². The minimum absolute atomic E-state index is 0.118. The van der Waals surface area contributed by atoms with Crippen molar-refractivity contribution in [1.82, 2.24) is 10.3 Å². The van der Waals surface area contributed by atoms with Gasteiger partial charge in [-0.3, -0.25) is 4.79 Å². The van der Waals surface area contributed by atoms with Gasteiger partial charge < -0.3 is 24.8 Å². The molecule has 8 heteroatoms. The normalized spacial score (nSPS) is 18.9. The number of pyridine rings is 1. The Hall–Kier alpha value is -3.49. The lowest BCUT2D eigenvalue weighted by Gasteiger charge is -2.27. The van der Waals surface area contributed by atoms with Crippen molar-refractivity contribution in [3.05, 3.63) is 76.1 Å². The van der Waals surface area contributed by atoms with E-state index in [4.69, 9.17) is 14.5 Å². The van der Waals surface area contributed by atoms with Crippen LogP contribution in [0.5, 0.6) is 5.75 Å². The number of halogens is 1. The molecule has 2 N–H and O–H groups in total. The molecule has 7 nitrogen and oxygen atoms in total. The number of aromatic nitrogens is 1. The van der Waals surface area contributed by atoms with Gasteiger partial charge in [-0.05, 0) is 79.8 Å². The van der Waals surface area contributed by atoms with Crippen LogP contribution in [0.1, 0.15) is 34.2 Å². The Bertz CT molecular complexity index is 1350. The molecule has 0 bridgehead atoms. The standard InChI is InChI=1S/C30H34FN3O4/c1-18-6-4-7-22(29(18)38-16-20-14-19(2)24-15-32-12-10-21(24)28(20)31)25-8-5-9-27(33-25)34-13-11-23(30(35)36)26(34)17-37-3/h4-9,14,23,26,32H,10-13,15-17H2,1-3H3,(H,35,36)/t23-,26-/m1/s1. The quantitative estimate of drug-likeness (QED) is 0.448. The van der Waals surface area contributed by atoms with E-state index in [0.717, 1.165) is 34.4 Å². The van der Waals surface area contributed by atoms with Crippen LogP contribution >= 0.6 is 0 Å². The molecule has 0 saturated carbocycles. The van der Waals surface area contributed by atoms with Gasteiger partial charge in [-0.2, -0.15) is 0 Å². The van der Waals surface area contributed by atoms with Gasteiger partial charge in [0.1, 0.15) is 24.0 Å². The number of anilines is 1. The topological polar surface area (TPSA) is 83.9 Å². The highest BCUT2D eigenvalue weighted by molar-refractivity contribution is 5.74. The van der Waals surface area contributed by atoms with E-state index in [1.54, 1.807) is 7.11 Å². The molecule has 0 aliphatic carbocycles. The van der Waals surface area contributed by atoms with Crippen LogP contribution in [0.15, 0.2) is 42.5 Å². The summed E-state index contributed by atoms with van der Waals surface area (Å²) >= 11 is 0. The third-order valence-corrected chi connectivity index (χ3v) is 7.72. The molecule has 2 aliphatic rings. The van der Waals surface area contributed by atoms with E-state index in [1.165, 1.54) is 0 Å². The number of para-hydroxylation sites is 1. The number of fused-ring (bicyclic) bond motifs is 1. The minimum atomic E-state index is -0.819. The zero-order chi connectivity index (χ0) is 26.8. The number of nitrogens with zero attached hydrogens (tertiary/aromatic N) is 2. The second-order valence-electron chi connectivity index (χ2n) is 10.1. The largest absolute Gasteiger partial charge is 0.488 e. The maximum absolute atomic E-state index is 15.4. The SMILES string of the molecule is COC[C@@H]1[C@H](C(=O)O)CCN1c1cccc(-c2cccc(C)c2OCc2cc(C)c3c(c2F)CCNC3)n1. The first kappa shape index (κ1) is 26.1. The van der Waals surface area contributed by atoms with Gasteiger partial charge in [-0.15, -0.1) is 0 Å².